The average molecular weight is 562 g/mol. The lowest BCUT2D eigenvalue weighted by Crippen LogP contribution is -2.44. The normalized spacial score (nSPS) is 13.7. The summed E-state index contributed by atoms with van der Waals surface area (Å²) in [5, 5.41) is 43.0. The molecule has 0 rings (SSSR count). The zero-order valence-electron chi connectivity index (χ0n) is 21.1. The Morgan fingerprint density at radius 1 is 0.564 bits per heavy atom. The van der Waals surface area contributed by atoms with E-state index in [1.807, 2.05) is 0 Å². The summed E-state index contributed by atoms with van der Waals surface area (Å²) in [5.74, 6) is -8.29. The van der Waals surface area contributed by atoms with E-state index < -0.39 is 84.5 Å². The van der Waals surface area contributed by atoms with Gasteiger partial charge < -0.3 is 47.8 Å². The molecule has 0 bridgehead atoms. The standard InChI is InChI=1S/C22H35N5O12/c23-11(9-19(32)33)1-6-17(30)27-14(22(38)39)4-8-16(29)25-12(10-20(34)35)2-7-18(31)26-13(21(36)37)3-5-15(24)28/h11-14H,1-10,23H2,(H2,24,28)(H,25,29)(H,26,31)(H,27,30)(H,32,33)(H,34,35)(H,36,37)(H,38,39). The van der Waals surface area contributed by atoms with E-state index >= 15 is 0 Å². The van der Waals surface area contributed by atoms with Crippen LogP contribution in [0.3, 0.4) is 0 Å². The third-order valence-corrected chi connectivity index (χ3v) is 5.29. The third kappa shape index (κ3) is 17.7. The van der Waals surface area contributed by atoms with Crippen molar-refractivity contribution in [1.29, 1.82) is 0 Å². The maximum atomic E-state index is 12.3. The molecule has 0 aliphatic carbocycles. The number of carboxylic acids is 4. The monoisotopic (exact) mass is 561 g/mol. The number of hydrogen-bond acceptors (Lipinski definition) is 9. The molecule has 0 aromatic rings. The van der Waals surface area contributed by atoms with Gasteiger partial charge in [0.2, 0.25) is 23.6 Å². The highest BCUT2D eigenvalue weighted by Crippen LogP contribution is 2.07. The number of amides is 4. The van der Waals surface area contributed by atoms with Crippen molar-refractivity contribution in [3.63, 3.8) is 0 Å². The highest BCUT2D eigenvalue weighted by atomic mass is 16.4. The molecule has 4 unspecified atom stereocenters. The largest absolute Gasteiger partial charge is 0.481 e. The second-order valence-electron chi connectivity index (χ2n) is 8.76. The summed E-state index contributed by atoms with van der Waals surface area (Å²) in [6.07, 6.45) is -3.07. The van der Waals surface area contributed by atoms with Crippen LogP contribution in [0.5, 0.6) is 0 Å². The average Bonchev–Trinajstić information content (AvgIpc) is 2.80. The molecule has 0 fully saturated rings. The van der Waals surface area contributed by atoms with Crippen LogP contribution in [0.1, 0.15) is 64.2 Å². The van der Waals surface area contributed by atoms with Crippen molar-refractivity contribution in [2.24, 2.45) is 11.5 Å². The fourth-order valence-corrected chi connectivity index (χ4v) is 3.29. The zero-order chi connectivity index (χ0) is 30.1. The topological polar surface area (TPSA) is 306 Å². The Balaban J connectivity index is 4.85. The molecule has 0 heterocycles. The van der Waals surface area contributed by atoms with Crippen molar-refractivity contribution >= 4 is 47.5 Å². The van der Waals surface area contributed by atoms with Crippen molar-refractivity contribution in [2.45, 2.75) is 88.4 Å². The van der Waals surface area contributed by atoms with Gasteiger partial charge in [0.15, 0.2) is 0 Å². The molecule has 4 amide bonds. The number of nitrogens with two attached hydrogens (primary N) is 2. The van der Waals surface area contributed by atoms with Crippen LogP contribution in [-0.4, -0.2) is 92.1 Å². The molecule has 0 aromatic carbocycles. The molecular weight excluding hydrogens is 526 g/mol. The quantitative estimate of drug-likeness (QED) is 0.0700. The first kappa shape index (κ1) is 34.7. The Labute approximate surface area is 222 Å². The van der Waals surface area contributed by atoms with Crippen molar-refractivity contribution in [2.75, 3.05) is 0 Å². The number of aliphatic carboxylic acids is 4. The molecule has 0 aliphatic rings. The zero-order valence-corrected chi connectivity index (χ0v) is 21.1. The molecule has 0 radical (unpaired) electrons. The first-order valence-corrected chi connectivity index (χ1v) is 11.9. The van der Waals surface area contributed by atoms with Crippen LogP contribution < -0.4 is 27.4 Å². The summed E-state index contributed by atoms with van der Waals surface area (Å²) in [4.78, 5) is 91.7. The first-order valence-electron chi connectivity index (χ1n) is 11.9. The number of carboxylic acid groups (broad SMARTS) is 4. The van der Waals surface area contributed by atoms with Gasteiger partial charge in [0.1, 0.15) is 12.1 Å². The molecule has 39 heavy (non-hydrogen) atoms. The second-order valence-corrected chi connectivity index (χ2v) is 8.76. The van der Waals surface area contributed by atoms with E-state index in [2.05, 4.69) is 16.0 Å². The Hall–Kier alpha value is -4.28. The van der Waals surface area contributed by atoms with E-state index in [0.29, 0.717) is 0 Å². The molecule has 0 spiro atoms. The van der Waals surface area contributed by atoms with Crippen LogP contribution in [0.15, 0.2) is 0 Å². The lowest BCUT2D eigenvalue weighted by molar-refractivity contribution is -0.142. The van der Waals surface area contributed by atoms with Gasteiger partial charge in [0.25, 0.3) is 0 Å². The van der Waals surface area contributed by atoms with Crippen molar-refractivity contribution in [3.8, 4) is 0 Å². The maximum absolute atomic E-state index is 12.3. The molecule has 220 valence electrons. The van der Waals surface area contributed by atoms with Crippen LogP contribution >= 0.6 is 0 Å². The molecule has 0 aliphatic heterocycles. The van der Waals surface area contributed by atoms with Gasteiger partial charge >= 0.3 is 23.9 Å². The fraction of sp³-hybridized carbons (Fsp3) is 0.636. The maximum Gasteiger partial charge on any atom is 0.326 e. The van der Waals surface area contributed by atoms with Crippen LogP contribution in [0.2, 0.25) is 0 Å². The molecule has 17 heteroatoms. The molecule has 0 aromatic heterocycles. The lowest BCUT2D eigenvalue weighted by atomic mass is 10.1. The van der Waals surface area contributed by atoms with E-state index in [0.717, 1.165) is 0 Å². The molecule has 0 saturated heterocycles. The van der Waals surface area contributed by atoms with Crippen LogP contribution in [0, 0.1) is 0 Å². The second kappa shape index (κ2) is 18.1. The van der Waals surface area contributed by atoms with Crippen molar-refractivity contribution in [1.82, 2.24) is 16.0 Å². The predicted molar refractivity (Wildman–Crippen MR) is 130 cm³/mol. The van der Waals surface area contributed by atoms with Crippen molar-refractivity contribution in [3.05, 3.63) is 0 Å². The highest BCUT2D eigenvalue weighted by molar-refractivity contribution is 5.85. The van der Waals surface area contributed by atoms with Gasteiger partial charge in [-0.3, -0.25) is 28.8 Å². The molecule has 0 saturated carbocycles. The summed E-state index contributed by atoms with van der Waals surface area (Å²) in [7, 11) is 0. The van der Waals surface area contributed by atoms with Gasteiger partial charge in [-0.2, -0.15) is 0 Å². The third-order valence-electron chi connectivity index (χ3n) is 5.29. The van der Waals surface area contributed by atoms with Gasteiger partial charge in [-0.05, 0) is 25.7 Å². The Bertz CT molecular complexity index is 925. The van der Waals surface area contributed by atoms with Crippen LogP contribution in [0.25, 0.3) is 0 Å². The van der Waals surface area contributed by atoms with Crippen LogP contribution in [0.4, 0.5) is 0 Å². The van der Waals surface area contributed by atoms with Crippen molar-refractivity contribution < 1.29 is 58.8 Å². The summed E-state index contributed by atoms with van der Waals surface area (Å²) >= 11 is 0. The Morgan fingerprint density at radius 2 is 0.974 bits per heavy atom. The summed E-state index contributed by atoms with van der Waals surface area (Å²) in [6.45, 7) is 0. The Kier molecular flexibility index (Phi) is 16.1. The van der Waals surface area contributed by atoms with Crippen LogP contribution in [-0.2, 0) is 38.4 Å². The van der Waals surface area contributed by atoms with Gasteiger partial charge in [0.05, 0.1) is 12.8 Å². The minimum Gasteiger partial charge on any atom is -0.481 e. The van der Waals surface area contributed by atoms with E-state index in [9.17, 15) is 43.5 Å². The summed E-state index contributed by atoms with van der Waals surface area (Å²) in [6, 6.07) is -4.71. The number of carbonyl (C=O) groups excluding carboxylic acids is 4. The number of rotatable bonds is 21. The highest BCUT2D eigenvalue weighted by Gasteiger charge is 2.25. The van der Waals surface area contributed by atoms with E-state index in [4.69, 9.17) is 26.8 Å². The fourth-order valence-electron chi connectivity index (χ4n) is 3.29. The minimum absolute atomic E-state index is 0.00619. The van der Waals surface area contributed by atoms with Gasteiger partial charge in [-0.15, -0.1) is 0 Å². The van der Waals surface area contributed by atoms with Gasteiger partial charge in [-0.25, -0.2) is 9.59 Å². The number of nitrogens with one attached hydrogen (secondary N) is 3. The minimum atomic E-state index is -1.46. The lowest BCUT2D eigenvalue weighted by Gasteiger charge is -2.19. The molecular formula is C22H35N5O12. The van der Waals surface area contributed by atoms with Gasteiger partial charge in [0, 0.05) is 37.8 Å². The summed E-state index contributed by atoms with van der Waals surface area (Å²) < 4.78 is 0. The SMILES string of the molecule is NC(=O)CCC(NC(=O)CCC(CC(=O)O)NC(=O)CCC(NC(=O)CCC(N)CC(=O)O)C(=O)O)C(=O)O. The molecule has 4 atom stereocenters. The smallest absolute Gasteiger partial charge is 0.326 e. The molecule has 11 N–H and O–H groups in total. The number of primary amides is 1. The van der Waals surface area contributed by atoms with Gasteiger partial charge in [-0.1, -0.05) is 0 Å². The Morgan fingerprint density at radius 3 is 1.41 bits per heavy atom. The van der Waals surface area contributed by atoms with E-state index in [1.165, 1.54) is 0 Å². The number of carbonyl (C=O) groups is 8. The predicted octanol–water partition coefficient (Wildman–Crippen LogP) is -2.51. The molecule has 17 nitrogen and oxygen atoms in total. The first-order chi connectivity index (χ1) is 18.1. The van der Waals surface area contributed by atoms with E-state index in [-0.39, 0.29) is 51.4 Å². The summed E-state index contributed by atoms with van der Waals surface area (Å²) in [5.41, 5.74) is 10.5. The number of hydrogen-bond donors (Lipinski definition) is 9. The van der Waals surface area contributed by atoms with E-state index in [1.54, 1.807) is 0 Å².